The van der Waals surface area contributed by atoms with E-state index in [1.54, 1.807) is 7.11 Å². The number of hydrogen-bond donors (Lipinski definition) is 0. The van der Waals surface area contributed by atoms with E-state index in [0.29, 0.717) is 6.04 Å². The van der Waals surface area contributed by atoms with Crippen LogP contribution in [0.5, 0.6) is 5.75 Å². The molecule has 0 bridgehead atoms. The first-order valence-corrected chi connectivity index (χ1v) is 11.0. The predicted octanol–water partition coefficient (Wildman–Crippen LogP) is 4.62. The van der Waals surface area contributed by atoms with Crippen molar-refractivity contribution in [1.29, 1.82) is 0 Å². The zero-order chi connectivity index (χ0) is 20.2. The van der Waals surface area contributed by atoms with Crippen LogP contribution in [0.2, 0.25) is 5.02 Å². The number of rotatable bonds is 6. The molecule has 1 fully saturated rings. The Morgan fingerprint density at radius 2 is 1.72 bits per heavy atom. The molecule has 29 heavy (non-hydrogen) atoms. The third kappa shape index (κ3) is 4.89. The molecule has 1 saturated heterocycles. The fourth-order valence-corrected chi connectivity index (χ4v) is 4.51. The van der Waals surface area contributed by atoms with Crippen molar-refractivity contribution >= 4 is 28.3 Å². The molecule has 1 aromatic heterocycles. The largest absolute Gasteiger partial charge is 0.497 e. The van der Waals surface area contributed by atoms with E-state index in [0.717, 1.165) is 59.9 Å². The van der Waals surface area contributed by atoms with Crippen LogP contribution in [0.25, 0.3) is 11.4 Å². The first kappa shape index (κ1) is 20.1. The Hall–Kier alpha value is -2.15. The zero-order valence-electron chi connectivity index (χ0n) is 16.7. The Kier molecular flexibility index (Phi) is 6.33. The number of ether oxygens (including phenoxy) is 1. The minimum absolute atomic E-state index is 0.504. The summed E-state index contributed by atoms with van der Waals surface area (Å²) in [4.78, 5) is 9.65. The molecule has 7 heteroatoms. The molecular weight excluding hydrogens is 404 g/mol. The van der Waals surface area contributed by atoms with Gasteiger partial charge >= 0.3 is 0 Å². The van der Waals surface area contributed by atoms with Gasteiger partial charge in [-0.05, 0) is 55.3 Å². The number of halogens is 1. The van der Waals surface area contributed by atoms with Crippen molar-refractivity contribution in [2.75, 3.05) is 38.2 Å². The van der Waals surface area contributed by atoms with Gasteiger partial charge in [0.1, 0.15) is 5.75 Å². The second-order valence-corrected chi connectivity index (χ2v) is 8.50. The van der Waals surface area contributed by atoms with Gasteiger partial charge in [-0.3, -0.25) is 4.90 Å². The lowest BCUT2D eigenvalue weighted by atomic mass is 10.1. The van der Waals surface area contributed by atoms with Crippen LogP contribution in [0.1, 0.15) is 12.5 Å². The van der Waals surface area contributed by atoms with Gasteiger partial charge in [0.2, 0.25) is 5.13 Å². The minimum atomic E-state index is 0.504. The fourth-order valence-electron chi connectivity index (χ4n) is 3.65. The van der Waals surface area contributed by atoms with Gasteiger partial charge in [-0.25, -0.2) is 0 Å². The summed E-state index contributed by atoms with van der Waals surface area (Å²) in [7, 11) is 1.70. The molecule has 2 aromatic carbocycles. The van der Waals surface area contributed by atoms with Gasteiger partial charge in [0.05, 0.1) is 7.11 Å². The molecule has 0 radical (unpaired) electrons. The lowest BCUT2D eigenvalue weighted by Crippen LogP contribution is -2.50. The third-order valence-electron chi connectivity index (χ3n) is 5.42. The fraction of sp³-hybridized carbons (Fsp3) is 0.364. The lowest BCUT2D eigenvalue weighted by molar-refractivity contribution is 0.196. The van der Waals surface area contributed by atoms with E-state index >= 15 is 0 Å². The van der Waals surface area contributed by atoms with Crippen molar-refractivity contribution in [3.8, 4) is 17.1 Å². The van der Waals surface area contributed by atoms with Gasteiger partial charge in [0.15, 0.2) is 5.82 Å². The summed E-state index contributed by atoms with van der Waals surface area (Å²) in [6, 6.07) is 16.6. The van der Waals surface area contributed by atoms with Gasteiger partial charge in [-0.2, -0.15) is 9.36 Å². The number of methoxy groups -OCH3 is 1. The highest BCUT2D eigenvalue weighted by atomic mass is 35.5. The van der Waals surface area contributed by atoms with E-state index in [4.69, 9.17) is 21.3 Å². The normalized spacial score (nSPS) is 16.0. The van der Waals surface area contributed by atoms with Crippen molar-refractivity contribution in [3.05, 3.63) is 59.1 Å². The van der Waals surface area contributed by atoms with Crippen molar-refractivity contribution in [3.63, 3.8) is 0 Å². The maximum Gasteiger partial charge on any atom is 0.205 e. The van der Waals surface area contributed by atoms with E-state index in [1.807, 2.05) is 36.4 Å². The molecule has 152 valence electrons. The standard InChI is InChI=1S/C22H25ClN4OS/c1-16(15-17-3-9-20(28-2)10-4-17)26-11-13-27(14-12-26)22-24-21(25-29-22)18-5-7-19(23)8-6-18/h3-10,16H,11-15H2,1-2H3. The molecule has 2 heterocycles. The average Bonchev–Trinajstić information content (AvgIpc) is 3.25. The van der Waals surface area contributed by atoms with Crippen LogP contribution in [0.4, 0.5) is 5.13 Å². The highest BCUT2D eigenvalue weighted by molar-refractivity contribution is 7.09. The lowest BCUT2D eigenvalue weighted by Gasteiger charge is -2.37. The number of piperazine rings is 1. The second-order valence-electron chi connectivity index (χ2n) is 7.33. The topological polar surface area (TPSA) is 41.5 Å². The Balaban J connectivity index is 1.32. The summed E-state index contributed by atoms with van der Waals surface area (Å²) >= 11 is 7.45. The van der Waals surface area contributed by atoms with E-state index in [9.17, 15) is 0 Å². The average molecular weight is 429 g/mol. The number of hydrogen-bond acceptors (Lipinski definition) is 6. The molecule has 4 rings (SSSR count). The van der Waals surface area contributed by atoms with Crippen molar-refractivity contribution < 1.29 is 4.74 Å². The Labute approximate surface area is 181 Å². The van der Waals surface area contributed by atoms with Gasteiger partial charge in [-0.15, -0.1) is 0 Å². The van der Waals surface area contributed by atoms with E-state index in [1.165, 1.54) is 17.1 Å². The Morgan fingerprint density at radius 3 is 2.38 bits per heavy atom. The molecule has 5 nitrogen and oxygen atoms in total. The molecule has 3 aromatic rings. The van der Waals surface area contributed by atoms with Gasteiger partial charge in [0.25, 0.3) is 0 Å². The minimum Gasteiger partial charge on any atom is -0.497 e. The molecule has 0 N–H and O–H groups in total. The van der Waals surface area contributed by atoms with Gasteiger partial charge in [0, 0.05) is 54.3 Å². The number of benzene rings is 2. The highest BCUT2D eigenvalue weighted by Crippen LogP contribution is 2.26. The third-order valence-corrected chi connectivity index (χ3v) is 6.45. The summed E-state index contributed by atoms with van der Waals surface area (Å²) in [5.74, 6) is 1.68. The maximum absolute atomic E-state index is 5.97. The second kappa shape index (κ2) is 9.11. The summed E-state index contributed by atoms with van der Waals surface area (Å²) in [6.45, 7) is 6.33. The molecule has 1 aliphatic heterocycles. The number of aromatic nitrogens is 2. The molecule has 1 atom stereocenters. The molecule has 0 amide bonds. The van der Waals surface area contributed by atoms with Gasteiger partial charge in [-0.1, -0.05) is 23.7 Å². The van der Waals surface area contributed by atoms with Crippen LogP contribution in [-0.2, 0) is 6.42 Å². The molecule has 0 spiro atoms. The molecule has 0 aliphatic carbocycles. The van der Waals surface area contributed by atoms with Crippen molar-refractivity contribution in [2.24, 2.45) is 0 Å². The number of nitrogens with zero attached hydrogens (tertiary/aromatic N) is 4. The molecule has 1 aliphatic rings. The SMILES string of the molecule is COc1ccc(CC(C)N2CCN(c3nc(-c4ccc(Cl)cc4)ns3)CC2)cc1. The zero-order valence-corrected chi connectivity index (χ0v) is 18.3. The van der Waals surface area contributed by atoms with E-state index in [2.05, 4.69) is 33.2 Å². The van der Waals surface area contributed by atoms with Crippen LogP contribution in [0.3, 0.4) is 0 Å². The quantitative estimate of drug-likeness (QED) is 0.573. The molecule has 0 saturated carbocycles. The maximum atomic E-state index is 5.97. The van der Waals surface area contributed by atoms with Crippen LogP contribution >= 0.6 is 23.1 Å². The van der Waals surface area contributed by atoms with Gasteiger partial charge < -0.3 is 9.64 Å². The van der Waals surface area contributed by atoms with Crippen LogP contribution in [-0.4, -0.2) is 53.6 Å². The van der Waals surface area contributed by atoms with Crippen molar-refractivity contribution in [2.45, 2.75) is 19.4 Å². The van der Waals surface area contributed by atoms with E-state index in [-0.39, 0.29) is 0 Å². The monoisotopic (exact) mass is 428 g/mol. The van der Waals surface area contributed by atoms with Crippen LogP contribution in [0.15, 0.2) is 48.5 Å². The van der Waals surface area contributed by atoms with E-state index < -0.39 is 0 Å². The Morgan fingerprint density at radius 1 is 1.03 bits per heavy atom. The first-order valence-electron chi connectivity index (χ1n) is 9.84. The van der Waals surface area contributed by atoms with Crippen LogP contribution in [0, 0.1) is 0 Å². The van der Waals surface area contributed by atoms with Crippen LogP contribution < -0.4 is 9.64 Å². The highest BCUT2D eigenvalue weighted by Gasteiger charge is 2.23. The number of anilines is 1. The van der Waals surface area contributed by atoms with Crippen molar-refractivity contribution in [1.82, 2.24) is 14.3 Å². The molecular formula is C22H25ClN4OS. The summed E-state index contributed by atoms with van der Waals surface area (Å²) < 4.78 is 9.78. The smallest absolute Gasteiger partial charge is 0.205 e. The molecule has 1 unspecified atom stereocenters. The summed E-state index contributed by atoms with van der Waals surface area (Å²) in [6.07, 6.45) is 1.05. The Bertz CT molecular complexity index is 921. The summed E-state index contributed by atoms with van der Waals surface area (Å²) in [5, 5.41) is 1.72. The first-order chi connectivity index (χ1) is 14.1. The summed E-state index contributed by atoms with van der Waals surface area (Å²) in [5.41, 5.74) is 2.35. The predicted molar refractivity (Wildman–Crippen MR) is 120 cm³/mol.